The number of nitrogens with one attached hydrogen (secondary N) is 2. The Morgan fingerprint density at radius 1 is 1.24 bits per heavy atom. The van der Waals surface area contributed by atoms with Gasteiger partial charge in [-0.2, -0.15) is 0 Å². The van der Waals surface area contributed by atoms with Gasteiger partial charge in [-0.1, -0.05) is 15.9 Å². The summed E-state index contributed by atoms with van der Waals surface area (Å²) in [5.41, 5.74) is 7.38. The van der Waals surface area contributed by atoms with Gasteiger partial charge >= 0.3 is 0 Å². The van der Waals surface area contributed by atoms with Gasteiger partial charge < -0.3 is 16.4 Å². The van der Waals surface area contributed by atoms with E-state index in [2.05, 4.69) is 26.6 Å². The van der Waals surface area contributed by atoms with E-state index >= 15 is 0 Å². The summed E-state index contributed by atoms with van der Waals surface area (Å²) in [6.07, 6.45) is 0. The van der Waals surface area contributed by atoms with Crippen LogP contribution >= 0.6 is 15.9 Å². The van der Waals surface area contributed by atoms with E-state index in [9.17, 15) is 9.18 Å². The highest BCUT2D eigenvalue weighted by atomic mass is 79.9. The zero-order valence-corrected chi connectivity index (χ0v) is 13.0. The Morgan fingerprint density at radius 3 is 2.67 bits per heavy atom. The number of nitrogens with two attached hydrogens (primary N) is 1. The molecule has 0 aliphatic rings. The fraction of sp³-hybridized carbons (Fsp3) is 0.133. The van der Waals surface area contributed by atoms with E-state index < -0.39 is 5.82 Å². The Hall–Kier alpha value is -2.08. The number of carbonyl (C=O) groups is 1. The van der Waals surface area contributed by atoms with Crippen LogP contribution in [0.2, 0.25) is 0 Å². The van der Waals surface area contributed by atoms with E-state index in [4.69, 9.17) is 5.73 Å². The Balaban J connectivity index is 2.38. The molecule has 0 atom stereocenters. The summed E-state index contributed by atoms with van der Waals surface area (Å²) >= 11 is 3.20. The van der Waals surface area contributed by atoms with Gasteiger partial charge in [-0.3, -0.25) is 4.79 Å². The number of rotatable bonds is 4. The van der Waals surface area contributed by atoms with Crippen LogP contribution in [-0.4, -0.2) is 12.5 Å². The van der Waals surface area contributed by atoms with E-state index in [1.807, 2.05) is 6.92 Å². The molecule has 6 heteroatoms. The Morgan fingerprint density at radius 2 is 2.00 bits per heavy atom. The molecule has 2 aromatic carbocycles. The highest BCUT2D eigenvalue weighted by Crippen LogP contribution is 2.27. The van der Waals surface area contributed by atoms with Gasteiger partial charge in [0.25, 0.3) is 5.91 Å². The lowest BCUT2D eigenvalue weighted by atomic mass is 10.1. The molecule has 0 aromatic heterocycles. The normalized spacial score (nSPS) is 10.2. The molecule has 1 amide bonds. The highest BCUT2D eigenvalue weighted by molar-refractivity contribution is 9.10. The van der Waals surface area contributed by atoms with Crippen LogP contribution < -0.4 is 16.4 Å². The second-order valence-electron chi connectivity index (χ2n) is 4.41. The topological polar surface area (TPSA) is 67.2 Å². The van der Waals surface area contributed by atoms with Crippen molar-refractivity contribution in [1.82, 2.24) is 5.32 Å². The summed E-state index contributed by atoms with van der Waals surface area (Å²) in [6.45, 7) is 2.34. The van der Waals surface area contributed by atoms with Crippen LogP contribution in [0, 0.1) is 5.82 Å². The lowest BCUT2D eigenvalue weighted by Gasteiger charge is -2.13. The second-order valence-corrected chi connectivity index (χ2v) is 5.33. The van der Waals surface area contributed by atoms with Crippen molar-refractivity contribution in [2.24, 2.45) is 0 Å². The van der Waals surface area contributed by atoms with E-state index in [1.54, 1.807) is 30.3 Å². The van der Waals surface area contributed by atoms with E-state index in [-0.39, 0.29) is 11.6 Å². The number of anilines is 3. The van der Waals surface area contributed by atoms with Gasteiger partial charge in [-0.15, -0.1) is 0 Å². The third kappa shape index (κ3) is 3.72. The van der Waals surface area contributed by atoms with Crippen molar-refractivity contribution in [3.05, 3.63) is 52.3 Å². The number of hydrogen-bond donors (Lipinski definition) is 3. The van der Waals surface area contributed by atoms with Gasteiger partial charge in [0.2, 0.25) is 0 Å². The van der Waals surface area contributed by atoms with Gasteiger partial charge in [0.15, 0.2) is 0 Å². The van der Waals surface area contributed by atoms with Gasteiger partial charge in [0.1, 0.15) is 5.82 Å². The number of nitrogen functional groups attached to an aromatic ring is 1. The summed E-state index contributed by atoms with van der Waals surface area (Å²) in [5, 5.41) is 5.62. The minimum absolute atomic E-state index is 0.238. The summed E-state index contributed by atoms with van der Waals surface area (Å²) in [7, 11) is 0. The summed E-state index contributed by atoms with van der Waals surface area (Å²) in [6, 6.07) is 9.49. The van der Waals surface area contributed by atoms with Crippen LogP contribution in [0.4, 0.5) is 21.5 Å². The van der Waals surface area contributed by atoms with Crippen molar-refractivity contribution in [2.45, 2.75) is 6.92 Å². The molecule has 2 aromatic rings. The molecule has 4 nitrogen and oxygen atoms in total. The van der Waals surface area contributed by atoms with Crippen LogP contribution in [0.3, 0.4) is 0 Å². The maximum atomic E-state index is 13.9. The number of carbonyl (C=O) groups excluding carboxylic acids is 1. The van der Waals surface area contributed by atoms with Gasteiger partial charge in [-0.25, -0.2) is 4.39 Å². The molecule has 110 valence electrons. The van der Waals surface area contributed by atoms with Crippen LogP contribution in [0.1, 0.15) is 17.3 Å². The van der Waals surface area contributed by atoms with E-state index in [0.29, 0.717) is 28.0 Å². The number of hydrogen-bond acceptors (Lipinski definition) is 3. The van der Waals surface area contributed by atoms with Crippen LogP contribution in [-0.2, 0) is 0 Å². The molecule has 21 heavy (non-hydrogen) atoms. The molecule has 4 N–H and O–H groups in total. The minimum atomic E-state index is -0.423. The molecule has 2 rings (SSSR count). The number of amides is 1. The van der Waals surface area contributed by atoms with Crippen LogP contribution in [0.15, 0.2) is 40.9 Å². The van der Waals surface area contributed by atoms with Crippen molar-refractivity contribution in [1.29, 1.82) is 0 Å². The molecular weight excluding hydrogens is 337 g/mol. The first-order valence-corrected chi connectivity index (χ1v) is 7.20. The van der Waals surface area contributed by atoms with Crippen molar-refractivity contribution in [2.75, 3.05) is 17.6 Å². The monoisotopic (exact) mass is 351 g/mol. The smallest absolute Gasteiger partial charge is 0.253 e. The minimum Gasteiger partial charge on any atom is -0.399 e. The first kappa shape index (κ1) is 15.3. The number of benzene rings is 2. The molecule has 0 unspecified atom stereocenters. The predicted octanol–water partition coefficient (Wildman–Crippen LogP) is 3.66. The zero-order chi connectivity index (χ0) is 15.4. The van der Waals surface area contributed by atoms with Crippen LogP contribution in [0.25, 0.3) is 0 Å². The van der Waals surface area contributed by atoms with Crippen molar-refractivity contribution >= 4 is 38.9 Å². The largest absolute Gasteiger partial charge is 0.399 e. The van der Waals surface area contributed by atoms with Gasteiger partial charge in [0.05, 0.1) is 16.9 Å². The predicted molar refractivity (Wildman–Crippen MR) is 86.2 cm³/mol. The fourth-order valence-corrected chi connectivity index (χ4v) is 2.19. The Bertz CT molecular complexity index is 676. The zero-order valence-electron chi connectivity index (χ0n) is 11.4. The average molecular weight is 352 g/mol. The van der Waals surface area contributed by atoms with E-state index in [1.165, 1.54) is 6.07 Å². The fourth-order valence-electron chi connectivity index (χ4n) is 1.86. The summed E-state index contributed by atoms with van der Waals surface area (Å²) < 4.78 is 14.5. The quantitative estimate of drug-likeness (QED) is 0.736. The maximum Gasteiger partial charge on any atom is 0.253 e. The summed E-state index contributed by atoms with van der Waals surface area (Å²) in [5.74, 6) is -0.661. The molecule has 0 bridgehead atoms. The lowest BCUT2D eigenvalue weighted by Crippen LogP contribution is -2.23. The molecule has 0 fully saturated rings. The SMILES string of the molecule is CCNC(=O)c1ccc(N)cc1Nc1ccc(Br)cc1F. The third-order valence-electron chi connectivity index (χ3n) is 2.83. The van der Waals surface area contributed by atoms with Gasteiger partial charge in [0, 0.05) is 16.7 Å². The maximum absolute atomic E-state index is 13.9. The molecule has 0 heterocycles. The van der Waals surface area contributed by atoms with E-state index in [0.717, 1.165) is 0 Å². The number of halogens is 2. The highest BCUT2D eigenvalue weighted by Gasteiger charge is 2.12. The third-order valence-corrected chi connectivity index (χ3v) is 3.32. The summed E-state index contributed by atoms with van der Waals surface area (Å²) in [4.78, 5) is 12.0. The molecule has 0 saturated heterocycles. The molecule has 0 saturated carbocycles. The van der Waals surface area contributed by atoms with Crippen molar-refractivity contribution in [3.8, 4) is 0 Å². The van der Waals surface area contributed by atoms with Crippen molar-refractivity contribution < 1.29 is 9.18 Å². The molecule has 0 spiro atoms. The lowest BCUT2D eigenvalue weighted by molar-refractivity contribution is 0.0956. The molecule has 0 aliphatic heterocycles. The average Bonchev–Trinajstić information content (AvgIpc) is 2.42. The van der Waals surface area contributed by atoms with Gasteiger partial charge in [-0.05, 0) is 43.3 Å². The Labute approximate surface area is 130 Å². The molecule has 0 aliphatic carbocycles. The standard InChI is InChI=1S/C15H15BrFN3O/c1-2-19-15(21)11-5-4-10(18)8-14(11)20-13-6-3-9(16)7-12(13)17/h3-8,20H,2,18H2,1H3,(H,19,21). The first-order chi connectivity index (χ1) is 10.0. The Kier molecular flexibility index (Phi) is 4.80. The first-order valence-electron chi connectivity index (χ1n) is 6.41. The van der Waals surface area contributed by atoms with Crippen LogP contribution in [0.5, 0.6) is 0 Å². The molecule has 0 radical (unpaired) electrons. The second kappa shape index (κ2) is 6.58. The van der Waals surface area contributed by atoms with Crippen molar-refractivity contribution in [3.63, 3.8) is 0 Å². The molecular formula is C15H15BrFN3O.